The highest BCUT2D eigenvalue weighted by Gasteiger charge is 2.25. The number of carbonyl (C=O) groups is 1. The van der Waals surface area contributed by atoms with Crippen molar-refractivity contribution in [3.05, 3.63) is 34.9 Å². The van der Waals surface area contributed by atoms with Crippen LogP contribution >= 0.6 is 11.6 Å². The summed E-state index contributed by atoms with van der Waals surface area (Å²) in [5.41, 5.74) is 6.57. The molecule has 98 valence electrons. The fraction of sp³-hybridized carbons (Fsp3) is 0.500. The maximum absolute atomic E-state index is 12.0. The first-order valence-corrected chi connectivity index (χ1v) is 6.82. The first-order valence-electron chi connectivity index (χ1n) is 6.44. The van der Waals surface area contributed by atoms with Crippen molar-refractivity contribution in [2.24, 2.45) is 5.73 Å². The second-order valence-corrected chi connectivity index (χ2v) is 5.23. The first-order chi connectivity index (χ1) is 8.70. The number of rotatable bonds is 4. The van der Waals surface area contributed by atoms with Crippen molar-refractivity contribution in [1.29, 1.82) is 0 Å². The number of halogens is 1. The molecule has 0 saturated heterocycles. The molecule has 0 unspecified atom stereocenters. The van der Waals surface area contributed by atoms with E-state index in [0.717, 1.165) is 18.4 Å². The Bertz CT molecular complexity index is 416. The lowest BCUT2D eigenvalue weighted by atomic mass is 10.1. The number of hydrogen-bond donors (Lipinski definition) is 1. The van der Waals surface area contributed by atoms with Gasteiger partial charge in [-0.3, -0.25) is 4.79 Å². The minimum absolute atomic E-state index is 0.0295. The summed E-state index contributed by atoms with van der Waals surface area (Å²) >= 11 is 5.97. The Morgan fingerprint density at radius 3 is 2.72 bits per heavy atom. The molecule has 0 bridgehead atoms. The van der Waals surface area contributed by atoms with E-state index < -0.39 is 0 Å². The summed E-state index contributed by atoms with van der Waals surface area (Å²) in [7, 11) is 0. The standard InChI is InChI=1S/C14H19ClN2O/c15-12-5-3-4-11(8-12)10-17(14(18)9-16)13-6-1-2-7-13/h3-5,8,13H,1-2,6-7,9-10,16H2. The lowest BCUT2D eigenvalue weighted by molar-refractivity contribution is -0.132. The maximum atomic E-state index is 12.0. The van der Waals surface area contributed by atoms with Crippen LogP contribution in [0.3, 0.4) is 0 Å². The van der Waals surface area contributed by atoms with Gasteiger partial charge in [-0.15, -0.1) is 0 Å². The third kappa shape index (κ3) is 3.24. The molecule has 1 saturated carbocycles. The SMILES string of the molecule is NCC(=O)N(Cc1cccc(Cl)c1)C1CCCC1. The van der Waals surface area contributed by atoms with Crippen LogP contribution in [0.25, 0.3) is 0 Å². The van der Waals surface area contributed by atoms with E-state index in [4.69, 9.17) is 17.3 Å². The van der Waals surface area contributed by atoms with Crippen molar-refractivity contribution >= 4 is 17.5 Å². The van der Waals surface area contributed by atoms with Gasteiger partial charge >= 0.3 is 0 Å². The van der Waals surface area contributed by atoms with Crippen LogP contribution in [0, 0.1) is 0 Å². The maximum Gasteiger partial charge on any atom is 0.236 e. The van der Waals surface area contributed by atoms with E-state index >= 15 is 0 Å². The number of amides is 1. The minimum atomic E-state index is 0.0295. The Hall–Kier alpha value is -1.06. The molecule has 1 aromatic rings. The summed E-state index contributed by atoms with van der Waals surface area (Å²) in [4.78, 5) is 13.9. The van der Waals surface area contributed by atoms with E-state index in [-0.39, 0.29) is 12.5 Å². The molecule has 4 heteroatoms. The molecule has 1 aliphatic carbocycles. The Labute approximate surface area is 113 Å². The van der Waals surface area contributed by atoms with Gasteiger partial charge in [0.05, 0.1) is 6.54 Å². The Morgan fingerprint density at radius 2 is 2.11 bits per heavy atom. The molecule has 1 fully saturated rings. The van der Waals surface area contributed by atoms with Crippen LogP contribution in [-0.2, 0) is 11.3 Å². The Kier molecular flexibility index (Phi) is 4.61. The fourth-order valence-corrected chi connectivity index (χ4v) is 2.80. The zero-order valence-corrected chi connectivity index (χ0v) is 11.2. The van der Waals surface area contributed by atoms with E-state index in [1.54, 1.807) is 0 Å². The molecule has 1 aliphatic rings. The summed E-state index contributed by atoms with van der Waals surface area (Å²) in [5, 5.41) is 0.707. The minimum Gasteiger partial charge on any atom is -0.334 e. The highest BCUT2D eigenvalue weighted by atomic mass is 35.5. The van der Waals surface area contributed by atoms with Crippen molar-refractivity contribution in [2.75, 3.05) is 6.54 Å². The molecule has 0 radical (unpaired) electrons. The van der Waals surface area contributed by atoms with Gasteiger partial charge in [-0.25, -0.2) is 0 Å². The summed E-state index contributed by atoms with van der Waals surface area (Å²) < 4.78 is 0. The monoisotopic (exact) mass is 266 g/mol. The third-order valence-corrected chi connectivity index (χ3v) is 3.74. The number of nitrogens with two attached hydrogens (primary N) is 1. The topological polar surface area (TPSA) is 46.3 Å². The normalized spacial score (nSPS) is 15.9. The van der Waals surface area contributed by atoms with E-state index in [1.165, 1.54) is 12.8 Å². The average molecular weight is 267 g/mol. The number of carbonyl (C=O) groups excluding carboxylic acids is 1. The predicted octanol–water partition coefficient (Wildman–Crippen LogP) is 2.57. The number of nitrogens with zero attached hydrogens (tertiary/aromatic N) is 1. The van der Waals surface area contributed by atoms with Gasteiger partial charge in [0.2, 0.25) is 5.91 Å². The first kappa shape index (κ1) is 13.4. The summed E-state index contributed by atoms with van der Waals surface area (Å²) in [6.45, 7) is 0.693. The van der Waals surface area contributed by atoms with Crippen molar-refractivity contribution in [3.8, 4) is 0 Å². The van der Waals surface area contributed by atoms with E-state index in [0.29, 0.717) is 17.6 Å². The molecule has 1 aromatic carbocycles. The smallest absolute Gasteiger partial charge is 0.236 e. The average Bonchev–Trinajstić information content (AvgIpc) is 2.89. The molecule has 2 N–H and O–H groups in total. The largest absolute Gasteiger partial charge is 0.334 e. The molecule has 0 spiro atoms. The highest BCUT2D eigenvalue weighted by Crippen LogP contribution is 2.25. The van der Waals surface area contributed by atoms with Gasteiger partial charge in [0, 0.05) is 17.6 Å². The summed E-state index contributed by atoms with van der Waals surface area (Å²) in [6, 6.07) is 8.01. The molecule has 18 heavy (non-hydrogen) atoms. The van der Waals surface area contributed by atoms with Gasteiger partial charge in [-0.1, -0.05) is 36.6 Å². The molecule has 2 rings (SSSR count). The molecule has 0 aromatic heterocycles. The van der Waals surface area contributed by atoms with E-state index in [1.807, 2.05) is 29.2 Å². The fourth-order valence-electron chi connectivity index (χ4n) is 2.59. The van der Waals surface area contributed by atoms with Crippen LogP contribution < -0.4 is 5.73 Å². The quantitative estimate of drug-likeness (QED) is 0.910. The number of benzene rings is 1. The second kappa shape index (κ2) is 6.21. The second-order valence-electron chi connectivity index (χ2n) is 4.79. The third-order valence-electron chi connectivity index (χ3n) is 3.50. The van der Waals surface area contributed by atoms with Crippen molar-refractivity contribution in [2.45, 2.75) is 38.3 Å². The van der Waals surface area contributed by atoms with Crippen LogP contribution in [0.1, 0.15) is 31.2 Å². The summed E-state index contributed by atoms with van der Waals surface area (Å²) in [6.07, 6.45) is 4.59. The Balaban J connectivity index is 2.11. The van der Waals surface area contributed by atoms with Gasteiger partial charge in [-0.2, -0.15) is 0 Å². The van der Waals surface area contributed by atoms with Gasteiger partial charge in [0.25, 0.3) is 0 Å². The van der Waals surface area contributed by atoms with Crippen molar-refractivity contribution in [1.82, 2.24) is 4.90 Å². The molecule has 3 nitrogen and oxygen atoms in total. The lowest BCUT2D eigenvalue weighted by Gasteiger charge is -2.28. The molecular formula is C14H19ClN2O. The van der Waals surface area contributed by atoms with Gasteiger partial charge in [0.15, 0.2) is 0 Å². The van der Waals surface area contributed by atoms with Crippen LogP contribution in [0.2, 0.25) is 5.02 Å². The molecule has 0 aliphatic heterocycles. The van der Waals surface area contributed by atoms with Crippen LogP contribution in [-0.4, -0.2) is 23.4 Å². The summed E-state index contributed by atoms with van der Waals surface area (Å²) in [5.74, 6) is 0.0295. The number of hydrogen-bond acceptors (Lipinski definition) is 2. The van der Waals surface area contributed by atoms with Gasteiger partial charge in [0.1, 0.15) is 0 Å². The Morgan fingerprint density at radius 1 is 1.39 bits per heavy atom. The van der Waals surface area contributed by atoms with Crippen molar-refractivity contribution in [3.63, 3.8) is 0 Å². The zero-order valence-electron chi connectivity index (χ0n) is 10.4. The highest BCUT2D eigenvalue weighted by molar-refractivity contribution is 6.30. The lowest BCUT2D eigenvalue weighted by Crippen LogP contribution is -2.41. The van der Waals surface area contributed by atoms with Gasteiger partial charge in [-0.05, 0) is 30.5 Å². The van der Waals surface area contributed by atoms with E-state index in [2.05, 4.69) is 0 Å². The van der Waals surface area contributed by atoms with Crippen LogP contribution in [0.15, 0.2) is 24.3 Å². The van der Waals surface area contributed by atoms with Crippen LogP contribution in [0.4, 0.5) is 0 Å². The molecule has 0 atom stereocenters. The molecule has 1 amide bonds. The molecule has 0 heterocycles. The van der Waals surface area contributed by atoms with Crippen molar-refractivity contribution < 1.29 is 4.79 Å². The zero-order chi connectivity index (χ0) is 13.0. The van der Waals surface area contributed by atoms with E-state index in [9.17, 15) is 4.79 Å². The molecular weight excluding hydrogens is 248 g/mol. The predicted molar refractivity (Wildman–Crippen MR) is 73.3 cm³/mol. The van der Waals surface area contributed by atoms with Gasteiger partial charge < -0.3 is 10.6 Å². The van der Waals surface area contributed by atoms with Crippen LogP contribution in [0.5, 0.6) is 0 Å².